The molecule has 0 saturated carbocycles. The number of amides is 2. The molecule has 0 saturated heterocycles. The lowest BCUT2D eigenvalue weighted by atomic mass is 10.2. The third-order valence-electron chi connectivity index (χ3n) is 4.04. The van der Waals surface area contributed by atoms with Crippen molar-refractivity contribution in [2.24, 2.45) is 0 Å². The van der Waals surface area contributed by atoms with Gasteiger partial charge in [0.15, 0.2) is 0 Å². The quantitative estimate of drug-likeness (QED) is 0.487. The fourth-order valence-corrected chi connectivity index (χ4v) is 2.78. The highest BCUT2D eigenvalue weighted by Crippen LogP contribution is 2.27. The second kappa shape index (κ2) is 9.19. The predicted molar refractivity (Wildman–Crippen MR) is 111 cm³/mol. The molecule has 0 spiro atoms. The van der Waals surface area contributed by atoms with E-state index in [1.165, 1.54) is 31.5 Å². The molecule has 3 N–H and O–H groups in total. The first kappa shape index (κ1) is 21.7. The first-order chi connectivity index (χ1) is 14.2. The normalized spacial score (nSPS) is 12.8. The zero-order valence-electron chi connectivity index (χ0n) is 15.4. The summed E-state index contributed by atoms with van der Waals surface area (Å²) in [6.07, 6.45) is 1.35. The molecule has 11 heteroatoms. The summed E-state index contributed by atoms with van der Waals surface area (Å²) < 4.78 is 26.1. The van der Waals surface area contributed by atoms with E-state index in [1.807, 2.05) is 0 Å². The maximum absolute atomic E-state index is 13.4. The summed E-state index contributed by atoms with van der Waals surface area (Å²) in [5.74, 6) is -1.82. The van der Waals surface area contributed by atoms with Crippen LogP contribution in [0.4, 0.5) is 26.0 Å². The van der Waals surface area contributed by atoms with Crippen molar-refractivity contribution in [3.8, 4) is 0 Å². The molecule has 0 aliphatic rings. The van der Waals surface area contributed by atoms with Crippen LogP contribution in [0.3, 0.4) is 0 Å². The standard InChI is InChI=1S/C19H15Cl2F2N5O2/c1-9(26-19(30)16(21)23)18(29)28-10-3-5-15-12(6-10)17(25-8-24-15)27-11-2-4-14(22)13(20)7-11/h2-9,16H,1H3,(H,26,30)(H,28,29)(H,24,25,27)/t9-,16?/m0/s1. The zero-order valence-corrected chi connectivity index (χ0v) is 16.9. The van der Waals surface area contributed by atoms with Gasteiger partial charge in [-0.3, -0.25) is 9.59 Å². The fraction of sp³-hybridized carbons (Fsp3) is 0.158. The number of benzene rings is 2. The minimum absolute atomic E-state index is 0.0465. The maximum Gasteiger partial charge on any atom is 0.270 e. The first-order valence-electron chi connectivity index (χ1n) is 8.61. The number of nitrogens with zero attached hydrogens (tertiary/aromatic N) is 2. The molecule has 1 unspecified atom stereocenters. The minimum Gasteiger partial charge on any atom is -0.341 e. The number of carbonyl (C=O) groups excluding carboxylic acids is 2. The second-order valence-corrected chi connectivity index (χ2v) is 7.02. The Morgan fingerprint density at radius 3 is 2.50 bits per heavy atom. The van der Waals surface area contributed by atoms with E-state index >= 15 is 0 Å². The van der Waals surface area contributed by atoms with Gasteiger partial charge in [-0.2, -0.15) is 0 Å². The van der Waals surface area contributed by atoms with E-state index in [4.69, 9.17) is 23.2 Å². The molecule has 7 nitrogen and oxygen atoms in total. The van der Waals surface area contributed by atoms with Gasteiger partial charge in [0, 0.05) is 16.8 Å². The van der Waals surface area contributed by atoms with Crippen LogP contribution in [0.5, 0.6) is 0 Å². The smallest absolute Gasteiger partial charge is 0.270 e. The third kappa shape index (κ3) is 5.11. The average Bonchev–Trinajstić information content (AvgIpc) is 2.71. The lowest BCUT2D eigenvalue weighted by Crippen LogP contribution is -2.43. The lowest BCUT2D eigenvalue weighted by Gasteiger charge is -2.15. The van der Waals surface area contributed by atoms with E-state index < -0.39 is 29.3 Å². The van der Waals surface area contributed by atoms with E-state index in [-0.39, 0.29) is 5.02 Å². The summed E-state index contributed by atoms with van der Waals surface area (Å²) in [5, 5.41) is 8.31. The molecular weight excluding hydrogens is 439 g/mol. The Labute approximate surface area is 179 Å². The van der Waals surface area contributed by atoms with Gasteiger partial charge in [0.2, 0.25) is 5.91 Å². The Hall–Kier alpha value is -3.04. The van der Waals surface area contributed by atoms with Crippen molar-refractivity contribution >= 4 is 63.1 Å². The van der Waals surface area contributed by atoms with Crippen LogP contribution < -0.4 is 16.0 Å². The van der Waals surface area contributed by atoms with Crippen LogP contribution in [0, 0.1) is 5.82 Å². The number of fused-ring (bicyclic) bond motifs is 1. The summed E-state index contributed by atoms with van der Waals surface area (Å²) in [4.78, 5) is 31.9. The molecule has 0 aliphatic carbocycles. The Balaban J connectivity index is 1.82. The van der Waals surface area contributed by atoms with E-state index in [0.29, 0.717) is 28.1 Å². The highest BCUT2D eigenvalue weighted by molar-refractivity contribution is 6.31. The summed E-state index contributed by atoms with van der Waals surface area (Å²) in [5.41, 5.74) is -0.755. The molecule has 0 bridgehead atoms. The van der Waals surface area contributed by atoms with Crippen LogP contribution in [0.1, 0.15) is 6.92 Å². The van der Waals surface area contributed by atoms with Crippen molar-refractivity contribution in [1.82, 2.24) is 15.3 Å². The molecule has 1 heterocycles. The molecular formula is C19H15Cl2F2N5O2. The number of halogens is 4. The van der Waals surface area contributed by atoms with Crippen molar-refractivity contribution in [3.05, 3.63) is 53.6 Å². The molecule has 2 atom stereocenters. The van der Waals surface area contributed by atoms with Gasteiger partial charge in [0.05, 0.1) is 10.5 Å². The van der Waals surface area contributed by atoms with Crippen LogP contribution in [0.15, 0.2) is 42.7 Å². The summed E-state index contributed by atoms with van der Waals surface area (Å²) in [6, 6.07) is 8.01. The van der Waals surface area contributed by atoms with Crippen molar-refractivity contribution < 1.29 is 18.4 Å². The Bertz CT molecular complexity index is 1110. The predicted octanol–water partition coefficient (Wildman–Crippen LogP) is 4.14. The number of aromatic nitrogens is 2. The molecule has 3 rings (SSSR count). The summed E-state index contributed by atoms with van der Waals surface area (Å²) >= 11 is 10.9. The molecule has 0 aliphatic heterocycles. The van der Waals surface area contributed by atoms with Crippen LogP contribution in [0.2, 0.25) is 5.02 Å². The maximum atomic E-state index is 13.4. The van der Waals surface area contributed by atoms with Crippen LogP contribution in [-0.2, 0) is 9.59 Å². The van der Waals surface area contributed by atoms with E-state index in [0.717, 1.165) is 0 Å². The molecule has 0 radical (unpaired) electrons. The highest BCUT2D eigenvalue weighted by Gasteiger charge is 2.20. The van der Waals surface area contributed by atoms with E-state index in [2.05, 4.69) is 25.9 Å². The van der Waals surface area contributed by atoms with Gasteiger partial charge in [0.25, 0.3) is 11.5 Å². The highest BCUT2D eigenvalue weighted by atomic mass is 35.5. The van der Waals surface area contributed by atoms with Gasteiger partial charge < -0.3 is 16.0 Å². The summed E-state index contributed by atoms with van der Waals surface area (Å²) in [7, 11) is 0. The monoisotopic (exact) mass is 453 g/mol. The topological polar surface area (TPSA) is 96.0 Å². The Morgan fingerprint density at radius 2 is 1.80 bits per heavy atom. The molecule has 2 aromatic carbocycles. The van der Waals surface area contributed by atoms with Crippen LogP contribution in [0.25, 0.3) is 10.9 Å². The second-order valence-electron chi connectivity index (χ2n) is 6.23. The number of carbonyl (C=O) groups is 2. The first-order valence-corrected chi connectivity index (χ1v) is 9.42. The van der Waals surface area contributed by atoms with Gasteiger partial charge in [-0.05, 0) is 43.3 Å². The van der Waals surface area contributed by atoms with Gasteiger partial charge >= 0.3 is 0 Å². The SMILES string of the molecule is C[C@H](NC(=O)C(F)Cl)C(=O)Nc1ccc2ncnc(Nc3ccc(F)c(Cl)c3)c2c1. The third-order valence-corrected chi connectivity index (χ3v) is 4.52. The number of alkyl halides is 2. The minimum atomic E-state index is -2.24. The van der Waals surface area contributed by atoms with Gasteiger partial charge in [-0.25, -0.2) is 18.7 Å². The number of nitrogens with one attached hydrogen (secondary N) is 3. The van der Waals surface area contributed by atoms with Crippen molar-refractivity contribution in [3.63, 3.8) is 0 Å². The van der Waals surface area contributed by atoms with E-state index in [9.17, 15) is 18.4 Å². The largest absolute Gasteiger partial charge is 0.341 e. The van der Waals surface area contributed by atoms with Gasteiger partial charge in [0.1, 0.15) is 24.0 Å². The van der Waals surface area contributed by atoms with Crippen molar-refractivity contribution in [1.29, 1.82) is 0 Å². The van der Waals surface area contributed by atoms with Crippen LogP contribution >= 0.6 is 23.2 Å². The van der Waals surface area contributed by atoms with Crippen molar-refractivity contribution in [2.75, 3.05) is 10.6 Å². The molecule has 1 aromatic heterocycles. The number of hydrogen-bond acceptors (Lipinski definition) is 5. The average molecular weight is 454 g/mol. The molecule has 2 amide bonds. The fourth-order valence-electron chi connectivity index (χ4n) is 2.54. The van der Waals surface area contributed by atoms with Crippen molar-refractivity contribution in [2.45, 2.75) is 18.6 Å². The molecule has 156 valence electrons. The summed E-state index contributed by atoms with van der Waals surface area (Å²) in [6.45, 7) is 1.39. The van der Waals surface area contributed by atoms with Gasteiger partial charge in [-0.1, -0.05) is 23.2 Å². The Morgan fingerprint density at radius 1 is 1.07 bits per heavy atom. The number of hydrogen-bond donors (Lipinski definition) is 3. The van der Waals surface area contributed by atoms with E-state index in [1.54, 1.807) is 18.2 Å². The molecule has 0 fully saturated rings. The molecule has 30 heavy (non-hydrogen) atoms. The zero-order chi connectivity index (χ0) is 21.8. The lowest BCUT2D eigenvalue weighted by molar-refractivity contribution is -0.127. The molecule has 3 aromatic rings. The Kier molecular flexibility index (Phi) is 6.63. The number of anilines is 3. The van der Waals surface area contributed by atoms with Crippen LogP contribution in [-0.4, -0.2) is 33.5 Å². The van der Waals surface area contributed by atoms with Gasteiger partial charge in [-0.15, -0.1) is 0 Å². The number of rotatable bonds is 6.